The summed E-state index contributed by atoms with van der Waals surface area (Å²) in [5.41, 5.74) is 7.08. The van der Waals surface area contributed by atoms with E-state index in [1.54, 1.807) is 6.20 Å². The Bertz CT molecular complexity index is 2440. The van der Waals surface area contributed by atoms with Crippen LogP contribution in [0.25, 0.3) is 16.6 Å². The van der Waals surface area contributed by atoms with Crippen molar-refractivity contribution in [2.24, 2.45) is 18.9 Å². The summed E-state index contributed by atoms with van der Waals surface area (Å²) in [6.07, 6.45) is 9.83. The van der Waals surface area contributed by atoms with Gasteiger partial charge in [0.05, 0.1) is 29.1 Å². The van der Waals surface area contributed by atoms with Gasteiger partial charge in [-0.05, 0) is 105 Å². The maximum absolute atomic E-state index is 16.7. The molecule has 4 aliphatic heterocycles. The van der Waals surface area contributed by atoms with Crippen LogP contribution in [-0.4, -0.2) is 83.4 Å². The number of nitrogens with zero attached hydrogens (tertiary/aromatic N) is 7. The summed E-state index contributed by atoms with van der Waals surface area (Å²) in [5.74, 6) is -1.16. The highest BCUT2D eigenvalue weighted by Crippen LogP contribution is 2.49. The summed E-state index contributed by atoms with van der Waals surface area (Å²) in [7, 11) is 5.75. The van der Waals surface area contributed by atoms with Crippen LogP contribution in [0, 0.1) is 11.8 Å². The molecule has 14 heteroatoms. The smallest absolute Gasteiger partial charge is 0.268 e. The highest BCUT2D eigenvalue weighted by atomic mass is 35.5. The predicted molar refractivity (Wildman–Crippen MR) is 250 cm³/mol. The van der Waals surface area contributed by atoms with E-state index in [9.17, 15) is 0 Å². The van der Waals surface area contributed by atoms with Crippen LogP contribution in [0.2, 0.25) is 5.02 Å². The summed E-state index contributed by atoms with van der Waals surface area (Å²) < 4.78 is 49.4. The minimum absolute atomic E-state index is 0.0266. The van der Waals surface area contributed by atoms with Gasteiger partial charge in [-0.15, -0.1) is 6.58 Å². The van der Waals surface area contributed by atoms with Crippen molar-refractivity contribution in [1.82, 2.24) is 35.3 Å². The minimum Gasteiger partial charge on any atom is -0.392 e. The Morgan fingerprint density at radius 1 is 1.03 bits per heavy atom. The molecule has 10 nitrogen and oxygen atoms in total. The molecule has 2 aromatic heterocycles. The molecule has 4 aromatic rings. The molecule has 3 fully saturated rings. The largest absolute Gasteiger partial charge is 0.392 e. The second-order valence-electron chi connectivity index (χ2n) is 18.5. The summed E-state index contributed by atoms with van der Waals surface area (Å²) >= 11 is 6.69. The quantitative estimate of drug-likeness (QED) is 0.114. The SMILES string of the molecule is C=CC(CCC(=C)NC)c1nn(C)c2cc(C3(F)CCN(CC4CCN(c5ncc(Cl)c(Nc6ccc7c(c6)C6=C(CCC(F)(F)C(C8CC8)N6)C(=C)N7C)n5)CC4)CC3)ccc12. The Hall–Kier alpha value is -5.01. The summed E-state index contributed by atoms with van der Waals surface area (Å²) in [5, 5.41) is 16.1. The number of hydrogen-bond donors (Lipinski definition) is 3. The summed E-state index contributed by atoms with van der Waals surface area (Å²) in [4.78, 5) is 16.1. The zero-order valence-corrected chi connectivity index (χ0v) is 37.6. The van der Waals surface area contributed by atoms with E-state index in [4.69, 9.17) is 21.7 Å². The lowest BCUT2D eigenvalue weighted by molar-refractivity contribution is -0.0441. The average molecular weight is 882 g/mol. The molecule has 2 unspecified atom stereocenters. The van der Waals surface area contributed by atoms with Gasteiger partial charge in [-0.1, -0.05) is 43.0 Å². The van der Waals surface area contributed by atoms with Gasteiger partial charge >= 0.3 is 0 Å². The monoisotopic (exact) mass is 880 g/mol. The van der Waals surface area contributed by atoms with Gasteiger partial charge in [0, 0.05) is 99.9 Å². The third-order valence-electron chi connectivity index (χ3n) is 14.4. The molecule has 0 radical (unpaired) electrons. The van der Waals surface area contributed by atoms with Crippen molar-refractivity contribution in [3.63, 3.8) is 0 Å². The number of aryl methyl sites for hydroxylation is 1. The van der Waals surface area contributed by atoms with Gasteiger partial charge in [-0.2, -0.15) is 10.1 Å². The van der Waals surface area contributed by atoms with Crippen molar-refractivity contribution in [2.45, 2.75) is 87.8 Å². The first-order valence-electron chi connectivity index (χ1n) is 22.6. The van der Waals surface area contributed by atoms with E-state index in [1.165, 1.54) is 0 Å². The molecule has 2 atom stereocenters. The molecule has 2 aromatic carbocycles. The molecule has 1 saturated carbocycles. The van der Waals surface area contributed by atoms with E-state index in [2.05, 4.69) is 50.5 Å². The normalized spacial score (nSPS) is 22.0. The predicted octanol–water partition coefficient (Wildman–Crippen LogP) is 10.2. The maximum atomic E-state index is 16.7. The van der Waals surface area contributed by atoms with Gasteiger partial charge in [0.1, 0.15) is 10.7 Å². The van der Waals surface area contributed by atoms with Crippen molar-refractivity contribution in [3.05, 3.63) is 107 Å². The number of likely N-dealkylation sites (N-methyl/N-ethyl adjacent to an activating group) is 1. The Kier molecular flexibility index (Phi) is 11.8. The number of alkyl halides is 3. The molecule has 3 N–H and O–H groups in total. The van der Waals surface area contributed by atoms with E-state index >= 15 is 13.2 Å². The highest BCUT2D eigenvalue weighted by Gasteiger charge is 2.50. The van der Waals surface area contributed by atoms with Gasteiger partial charge in [-0.3, -0.25) is 4.68 Å². The Balaban J connectivity index is 0.810. The number of fused-ring (bicyclic) bond motifs is 3. The van der Waals surface area contributed by atoms with Crippen LogP contribution in [0.4, 0.5) is 36.3 Å². The fourth-order valence-corrected chi connectivity index (χ4v) is 10.4. The van der Waals surface area contributed by atoms with Crippen molar-refractivity contribution < 1.29 is 13.2 Å². The molecule has 5 aliphatic rings. The first-order valence-corrected chi connectivity index (χ1v) is 23.0. The number of aromatic nitrogens is 4. The van der Waals surface area contributed by atoms with E-state index in [0.717, 1.165) is 120 Å². The van der Waals surface area contributed by atoms with Gasteiger partial charge in [0.15, 0.2) is 5.82 Å². The van der Waals surface area contributed by atoms with Crippen LogP contribution in [0.3, 0.4) is 0 Å². The number of allylic oxidation sites excluding steroid dienone is 3. The lowest BCUT2D eigenvalue weighted by atomic mass is 9.84. The van der Waals surface area contributed by atoms with Gasteiger partial charge < -0.3 is 30.7 Å². The van der Waals surface area contributed by atoms with Crippen molar-refractivity contribution in [3.8, 4) is 0 Å². The molecule has 0 spiro atoms. The number of halogens is 4. The fraction of sp³-hybridized carbons (Fsp3) is 0.490. The molecular weight excluding hydrogens is 821 g/mol. The summed E-state index contributed by atoms with van der Waals surface area (Å²) in [6.45, 7) is 16.4. The Morgan fingerprint density at radius 3 is 2.51 bits per heavy atom. The number of benzene rings is 2. The van der Waals surface area contributed by atoms with Crippen LogP contribution < -0.4 is 25.8 Å². The van der Waals surface area contributed by atoms with Crippen molar-refractivity contribution >= 4 is 51.3 Å². The second kappa shape index (κ2) is 17.2. The van der Waals surface area contributed by atoms with Gasteiger partial charge in [0.2, 0.25) is 5.95 Å². The standard InChI is InChI=1S/C49H60ClF3N10/c1-7-33(9-8-30(2)54-4)43-38-14-12-35(26-42(38)61(6)59-43)48(51)20-24-62(25-21-48)29-32-17-22-63(23-18-32)47-55-28-40(50)46(58-47)56-36-13-15-41-39(27-36)44-37(31(3)60(41)5)16-19-49(52,53)45(57-44)34-10-11-34/h7,12-15,26-28,32-34,45,54,57H,1-3,8-11,16-25,29H2,4-6H3,(H,55,56,58). The van der Waals surface area contributed by atoms with Crippen LogP contribution in [0.15, 0.2) is 85.4 Å². The first-order chi connectivity index (χ1) is 30.2. The van der Waals surface area contributed by atoms with Crippen LogP contribution in [0.1, 0.15) is 86.9 Å². The number of likely N-dealkylation sites (tertiary alicyclic amines) is 1. The molecule has 334 valence electrons. The molecular formula is C49H60ClF3N10. The molecule has 63 heavy (non-hydrogen) atoms. The van der Waals surface area contributed by atoms with Crippen molar-refractivity contribution in [1.29, 1.82) is 0 Å². The third-order valence-corrected chi connectivity index (χ3v) is 14.7. The van der Waals surface area contributed by atoms with E-state index in [1.807, 2.05) is 73.2 Å². The number of hydrogen-bond acceptors (Lipinski definition) is 9. The molecule has 9 rings (SSSR count). The number of piperidine rings is 2. The lowest BCUT2D eigenvalue weighted by Crippen LogP contribution is -2.45. The number of anilines is 4. The summed E-state index contributed by atoms with van der Waals surface area (Å²) in [6, 6.07) is 11.1. The van der Waals surface area contributed by atoms with Gasteiger partial charge in [0.25, 0.3) is 5.92 Å². The van der Waals surface area contributed by atoms with Crippen LogP contribution >= 0.6 is 11.6 Å². The number of rotatable bonds is 13. The maximum Gasteiger partial charge on any atom is 0.268 e. The topological polar surface area (TPSA) is 89.4 Å². The second-order valence-corrected chi connectivity index (χ2v) is 18.9. The van der Waals surface area contributed by atoms with Gasteiger partial charge in [-0.25, -0.2) is 18.2 Å². The van der Waals surface area contributed by atoms with E-state index in [0.29, 0.717) is 48.6 Å². The molecule has 0 bridgehead atoms. The zero-order valence-electron chi connectivity index (χ0n) is 36.8. The average Bonchev–Trinajstić information content (AvgIpc) is 4.09. The molecule has 6 heterocycles. The molecule has 2 saturated heterocycles. The third kappa shape index (κ3) is 8.55. The zero-order chi connectivity index (χ0) is 44.2. The lowest BCUT2D eigenvalue weighted by Gasteiger charge is -2.40. The van der Waals surface area contributed by atoms with Crippen LogP contribution in [0.5, 0.6) is 0 Å². The van der Waals surface area contributed by atoms with Crippen molar-refractivity contribution in [2.75, 3.05) is 61.9 Å². The Morgan fingerprint density at radius 2 is 1.79 bits per heavy atom. The molecule has 1 aliphatic carbocycles. The Labute approximate surface area is 374 Å². The molecule has 0 amide bonds. The minimum atomic E-state index is -2.80. The van der Waals surface area contributed by atoms with Crippen LogP contribution in [-0.2, 0) is 12.7 Å². The van der Waals surface area contributed by atoms with E-state index in [-0.39, 0.29) is 24.7 Å². The highest BCUT2D eigenvalue weighted by molar-refractivity contribution is 6.32. The fourth-order valence-electron chi connectivity index (χ4n) is 10.2. The first kappa shape index (κ1) is 43.3. The number of nitrogens with one attached hydrogen (secondary N) is 3. The van der Waals surface area contributed by atoms with E-state index < -0.39 is 17.6 Å².